The van der Waals surface area contributed by atoms with Gasteiger partial charge in [0.25, 0.3) is 0 Å². The Morgan fingerprint density at radius 2 is 1.67 bits per heavy atom. The molecule has 0 saturated carbocycles. The molecule has 1 aromatic heterocycles. The van der Waals surface area contributed by atoms with E-state index >= 15 is 0 Å². The van der Waals surface area contributed by atoms with E-state index in [1.54, 1.807) is 19.2 Å². The molecule has 4 nitrogen and oxygen atoms in total. The minimum absolute atomic E-state index is 0.00767. The number of ether oxygens (including phenoxy) is 1. The molecule has 1 heterocycles. The SMILES string of the molecule is COC(CCCC=O)CCn1c(-c2ccc(F)cc2)c(-c2ccccc2)c(C=O)c1C(C)C. The molecule has 0 aliphatic heterocycles. The standard InChI is InChI=1S/C28H32FNO3/c1-20(2)27-25(19-32)26(21-9-5-4-6-10-21)28(22-12-14-23(29)15-13-22)30(27)17-16-24(33-3)11-7-8-18-31/h4-6,9-10,12-15,18-20,24H,7-8,11,16-17H2,1-3H3. The highest BCUT2D eigenvalue weighted by atomic mass is 19.1. The smallest absolute Gasteiger partial charge is 0.152 e. The molecule has 0 saturated heterocycles. The van der Waals surface area contributed by atoms with Crippen molar-refractivity contribution >= 4 is 12.6 Å². The summed E-state index contributed by atoms with van der Waals surface area (Å²) in [6.07, 6.45) is 4.73. The second-order valence-corrected chi connectivity index (χ2v) is 8.56. The molecule has 0 spiro atoms. The average Bonchev–Trinajstić information content (AvgIpc) is 3.16. The maximum atomic E-state index is 13.7. The van der Waals surface area contributed by atoms with E-state index in [1.807, 2.05) is 30.3 Å². The van der Waals surface area contributed by atoms with Crippen molar-refractivity contribution in [3.05, 3.63) is 71.7 Å². The Labute approximate surface area is 195 Å². The quantitative estimate of drug-likeness (QED) is 0.229. The van der Waals surface area contributed by atoms with Crippen molar-refractivity contribution in [1.82, 2.24) is 4.57 Å². The van der Waals surface area contributed by atoms with Gasteiger partial charge in [-0.25, -0.2) is 4.39 Å². The van der Waals surface area contributed by atoms with Crippen molar-refractivity contribution < 1.29 is 18.7 Å². The second kappa shape index (κ2) is 11.7. The van der Waals surface area contributed by atoms with Crippen molar-refractivity contribution in [3.8, 4) is 22.4 Å². The number of unbranched alkanes of at least 4 members (excludes halogenated alkanes) is 1. The first-order valence-electron chi connectivity index (χ1n) is 11.5. The van der Waals surface area contributed by atoms with Crippen LogP contribution in [0.1, 0.15) is 61.5 Å². The summed E-state index contributed by atoms with van der Waals surface area (Å²) in [6, 6.07) is 16.3. The van der Waals surface area contributed by atoms with Crippen LogP contribution in [-0.4, -0.2) is 30.4 Å². The van der Waals surface area contributed by atoms with Crippen molar-refractivity contribution in [2.24, 2.45) is 0 Å². The van der Waals surface area contributed by atoms with Gasteiger partial charge in [0, 0.05) is 36.9 Å². The highest BCUT2D eigenvalue weighted by molar-refractivity contribution is 5.97. The number of methoxy groups -OCH3 is 1. The number of hydrogen-bond donors (Lipinski definition) is 0. The van der Waals surface area contributed by atoms with Crippen LogP contribution in [0.4, 0.5) is 4.39 Å². The van der Waals surface area contributed by atoms with Gasteiger partial charge in [-0.3, -0.25) is 4.79 Å². The molecule has 3 aromatic rings. The van der Waals surface area contributed by atoms with Crippen molar-refractivity contribution in [2.75, 3.05) is 7.11 Å². The van der Waals surface area contributed by atoms with Gasteiger partial charge in [-0.05, 0) is 60.6 Å². The summed E-state index contributed by atoms with van der Waals surface area (Å²) >= 11 is 0. The molecule has 174 valence electrons. The minimum atomic E-state index is -0.299. The zero-order valence-electron chi connectivity index (χ0n) is 19.6. The third-order valence-electron chi connectivity index (χ3n) is 6.04. The highest BCUT2D eigenvalue weighted by Crippen LogP contribution is 2.41. The van der Waals surface area contributed by atoms with Gasteiger partial charge in [0.2, 0.25) is 0 Å². The number of carbonyl (C=O) groups is 2. The molecule has 0 fully saturated rings. The summed E-state index contributed by atoms with van der Waals surface area (Å²) in [5.41, 5.74) is 5.23. The number of aldehydes is 2. The molecule has 0 bridgehead atoms. The number of aromatic nitrogens is 1. The lowest BCUT2D eigenvalue weighted by atomic mass is 9.96. The van der Waals surface area contributed by atoms with E-state index in [9.17, 15) is 14.0 Å². The van der Waals surface area contributed by atoms with Crippen LogP contribution in [-0.2, 0) is 16.1 Å². The van der Waals surface area contributed by atoms with Crippen LogP contribution >= 0.6 is 0 Å². The first kappa shape index (κ1) is 24.6. The summed E-state index contributed by atoms with van der Waals surface area (Å²) in [7, 11) is 1.69. The predicted octanol–water partition coefficient (Wildman–Crippen LogP) is 6.67. The van der Waals surface area contributed by atoms with Gasteiger partial charge in [-0.2, -0.15) is 0 Å². The second-order valence-electron chi connectivity index (χ2n) is 8.56. The maximum absolute atomic E-state index is 13.7. The van der Waals surface area contributed by atoms with E-state index < -0.39 is 0 Å². The molecule has 0 aliphatic carbocycles. The number of benzene rings is 2. The molecule has 0 aliphatic rings. The molecule has 1 unspecified atom stereocenters. The zero-order chi connectivity index (χ0) is 23.8. The molecule has 33 heavy (non-hydrogen) atoms. The summed E-state index contributed by atoms with van der Waals surface area (Å²) < 4.78 is 21.6. The largest absolute Gasteiger partial charge is 0.381 e. The van der Waals surface area contributed by atoms with Gasteiger partial charge in [0.15, 0.2) is 6.29 Å². The minimum Gasteiger partial charge on any atom is -0.381 e. The fraction of sp³-hybridized carbons (Fsp3) is 0.357. The van der Waals surface area contributed by atoms with Gasteiger partial charge in [-0.15, -0.1) is 0 Å². The Morgan fingerprint density at radius 3 is 2.24 bits per heavy atom. The van der Waals surface area contributed by atoms with E-state index in [4.69, 9.17) is 4.74 Å². The van der Waals surface area contributed by atoms with E-state index in [-0.39, 0.29) is 17.8 Å². The summed E-state index contributed by atoms with van der Waals surface area (Å²) in [5, 5.41) is 0. The third kappa shape index (κ3) is 5.66. The van der Waals surface area contributed by atoms with Crippen LogP contribution in [0.5, 0.6) is 0 Å². The summed E-state index contributed by atoms with van der Waals surface area (Å²) in [6.45, 7) is 4.81. The maximum Gasteiger partial charge on any atom is 0.152 e. The topological polar surface area (TPSA) is 48.3 Å². The predicted molar refractivity (Wildman–Crippen MR) is 130 cm³/mol. The number of hydrogen-bond acceptors (Lipinski definition) is 3. The normalized spacial score (nSPS) is 12.2. The van der Waals surface area contributed by atoms with Gasteiger partial charge >= 0.3 is 0 Å². The van der Waals surface area contributed by atoms with Gasteiger partial charge in [0.1, 0.15) is 12.1 Å². The summed E-state index contributed by atoms with van der Waals surface area (Å²) in [4.78, 5) is 23.1. The van der Waals surface area contributed by atoms with Crippen LogP contribution in [0.15, 0.2) is 54.6 Å². The molecule has 2 aromatic carbocycles. The third-order valence-corrected chi connectivity index (χ3v) is 6.04. The van der Waals surface area contributed by atoms with Crippen LogP contribution in [0.25, 0.3) is 22.4 Å². The molecule has 0 amide bonds. The van der Waals surface area contributed by atoms with Crippen LogP contribution < -0.4 is 0 Å². The Hall–Kier alpha value is -3.05. The number of nitrogens with zero attached hydrogens (tertiary/aromatic N) is 1. The highest BCUT2D eigenvalue weighted by Gasteiger charge is 2.26. The lowest BCUT2D eigenvalue weighted by Crippen LogP contribution is -2.16. The molecule has 3 rings (SSSR count). The van der Waals surface area contributed by atoms with E-state index in [1.165, 1.54) is 12.1 Å². The van der Waals surface area contributed by atoms with Gasteiger partial charge < -0.3 is 14.1 Å². The number of rotatable bonds is 12. The Balaban J connectivity index is 2.17. The van der Waals surface area contributed by atoms with E-state index in [0.717, 1.165) is 59.9 Å². The monoisotopic (exact) mass is 449 g/mol. The molecule has 5 heteroatoms. The van der Waals surface area contributed by atoms with Crippen LogP contribution in [0, 0.1) is 5.82 Å². The Kier molecular flexibility index (Phi) is 8.72. The summed E-state index contributed by atoms with van der Waals surface area (Å²) in [5.74, 6) is -0.189. The lowest BCUT2D eigenvalue weighted by Gasteiger charge is -2.20. The molecule has 1 atom stereocenters. The lowest BCUT2D eigenvalue weighted by molar-refractivity contribution is -0.108. The van der Waals surface area contributed by atoms with Crippen molar-refractivity contribution in [2.45, 2.75) is 58.1 Å². The Bertz CT molecular complexity index is 1050. The molecular weight excluding hydrogens is 417 g/mol. The fourth-order valence-corrected chi connectivity index (χ4v) is 4.52. The zero-order valence-corrected chi connectivity index (χ0v) is 19.6. The van der Waals surface area contributed by atoms with Gasteiger partial charge in [0.05, 0.1) is 11.8 Å². The van der Waals surface area contributed by atoms with Crippen LogP contribution in [0.3, 0.4) is 0 Å². The van der Waals surface area contributed by atoms with Gasteiger partial charge in [-0.1, -0.05) is 44.2 Å². The first-order chi connectivity index (χ1) is 16.0. The number of halogens is 1. The fourth-order valence-electron chi connectivity index (χ4n) is 4.52. The first-order valence-corrected chi connectivity index (χ1v) is 11.5. The molecular formula is C28H32FNO3. The molecule has 0 radical (unpaired) electrons. The number of carbonyl (C=O) groups excluding carboxylic acids is 2. The van der Waals surface area contributed by atoms with E-state index in [2.05, 4.69) is 18.4 Å². The average molecular weight is 450 g/mol. The van der Waals surface area contributed by atoms with E-state index in [0.29, 0.717) is 18.5 Å². The van der Waals surface area contributed by atoms with Crippen LogP contribution in [0.2, 0.25) is 0 Å². The molecule has 0 N–H and O–H groups in total. The Morgan fingerprint density at radius 1 is 0.970 bits per heavy atom. The van der Waals surface area contributed by atoms with Crippen molar-refractivity contribution in [3.63, 3.8) is 0 Å². The van der Waals surface area contributed by atoms with Crippen molar-refractivity contribution in [1.29, 1.82) is 0 Å².